The minimum atomic E-state index is -0.836. The molecule has 0 unspecified atom stereocenters. The third kappa shape index (κ3) is 4.42. The van der Waals surface area contributed by atoms with Gasteiger partial charge in [-0.25, -0.2) is 4.79 Å². The van der Waals surface area contributed by atoms with E-state index in [1.54, 1.807) is 24.3 Å². The van der Waals surface area contributed by atoms with E-state index >= 15 is 0 Å². The van der Waals surface area contributed by atoms with E-state index in [1.165, 1.54) is 29.9 Å². The van der Waals surface area contributed by atoms with Crippen LogP contribution >= 0.6 is 0 Å². The lowest BCUT2D eigenvalue weighted by atomic mass is 9.92. The van der Waals surface area contributed by atoms with E-state index < -0.39 is 37.3 Å². The van der Waals surface area contributed by atoms with Gasteiger partial charge in [-0.2, -0.15) is 0 Å². The Hall–Kier alpha value is -3.79. The van der Waals surface area contributed by atoms with Gasteiger partial charge in [0.1, 0.15) is 6.61 Å². The standard InChI is InChI=1S/C24H24N2O7/c1-3-8-26-22(16-6-4-5-7-19(16)25-24(32)33-2)21(20(30)13-29)17-9-14(11-27)15(12-28)10-18(17)23(26)31/h3-7,9-10,27-29H,1,8,11-13H2,2H3,(H,25,32). The first-order chi connectivity index (χ1) is 15.9. The number of para-hydroxylation sites is 1. The van der Waals surface area contributed by atoms with Crippen LogP contribution < -0.4 is 10.9 Å². The smallest absolute Gasteiger partial charge is 0.411 e. The molecular formula is C24H24N2O7. The Morgan fingerprint density at radius 2 is 1.73 bits per heavy atom. The number of hydrogen-bond acceptors (Lipinski definition) is 7. The van der Waals surface area contributed by atoms with E-state index in [1.807, 2.05) is 0 Å². The molecule has 0 bridgehead atoms. The second kappa shape index (κ2) is 10.2. The van der Waals surface area contributed by atoms with Crippen LogP contribution in [0.15, 0.2) is 53.8 Å². The Morgan fingerprint density at radius 1 is 1.09 bits per heavy atom. The molecule has 1 heterocycles. The van der Waals surface area contributed by atoms with E-state index in [2.05, 4.69) is 16.6 Å². The number of carbonyl (C=O) groups excluding carboxylic acids is 2. The zero-order valence-electron chi connectivity index (χ0n) is 18.0. The van der Waals surface area contributed by atoms with Crippen molar-refractivity contribution in [3.8, 4) is 11.3 Å². The molecule has 0 saturated carbocycles. The van der Waals surface area contributed by atoms with Crippen LogP contribution in [0.3, 0.4) is 0 Å². The summed E-state index contributed by atoms with van der Waals surface area (Å²) in [6, 6.07) is 9.43. The summed E-state index contributed by atoms with van der Waals surface area (Å²) in [5.74, 6) is -0.665. The highest BCUT2D eigenvalue weighted by atomic mass is 16.5. The van der Waals surface area contributed by atoms with Gasteiger partial charge in [-0.05, 0) is 29.3 Å². The van der Waals surface area contributed by atoms with Gasteiger partial charge < -0.3 is 24.6 Å². The number of Topliss-reactive ketones (excluding diaryl/α,β-unsaturated/α-hetero) is 1. The number of carbonyl (C=O) groups is 2. The minimum Gasteiger partial charge on any atom is -0.453 e. The second-order valence-corrected chi connectivity index (χ2v) is 7.15. The molecule has 172 valence electrons. The summed E-state index contributed by atoms with van der Waals surface area (Å²) in [7, 11) is 1.21. The first kappa shape index (κ1) is 23.9. The molecular weight excluding hydrogens is 428 g/mol. The van der Waals surface area contributed by atoms with Crippen LogP contribution in [-0.2, 0) is 24.5 Å². The van der Waals surface area contributed by atoms with Crippen LogP contribution in [-0.4, -0.2) is 45.5 Å². The predicted molar refractivity (Wildman–Crippen MR) is 123 cm³/mol. The Bertz CT molecular complexity index is 1290. The summed E-state index contributed by atoms with van der Waals surface area (Å²) in [6.07, 6.45) is 0.737. The molecule has 0 radical (unpaired) electrons. The summed E-state index contributed by atoms with van der Waals surface area (Å²) in [5, 5.41) is 32.1. The highest BCUT2D eigenvalue weighted by Crippen LogP contribution is 2.35. The van der Waals surface area contributed by atoms with Crippen molar-refractivity contribution < 1.29 is 29.6 Å². The van der Waals surface area contributed by atoms with E-state index in [9.17, 15) is 29.7 Å². The quantitative estimate of drug-likeness (QED) is 0.304. The molecule has 0 fully saturated rings. The lowest BCUT2D eigenvalue weighted by Gasteiger charge is -2.21. The first-order valence-electron chi connectivity index (χ1n) is 10.0. The summed E-state index contributed by atoms with van der Waals surface area (Å²) in [6.45, 7) is 2.05. The number of hydrogen-bond donors (Lipinski definition) is 4. The molecule has 1 aromatic heterocycles. The molecule has 0 aliphatic rings. The number of ketones is 1. The minimum absolute atomic E-state index is 0.0264. The van der Waals surface area contributed by atoms with Crippen molar-refractivity contribution in [3.05, 3.63) is 76.1 Å². The van der Waals surface area contributed by atoms with Crippen LogP contribution in [0.1, 0.15) is 21.5 Å². The van der Waals surface area contributed by atoms with Crippen LogP contribution in [0, 0.1) is 0 Å². The second-order valence-electron chi connectivity index (χ2n) is 7.15. The van der Waals surface area contributed by atoms with Gasteiger partial charge in [0.15, 0.2) is 5.78 Å². The fraction of sp³-hybridized carbons (Fsp3) is 0.208. The highest BCUT2D eigenvalue weighted by molar-refractivity contribution is 6.14. The van der Waals surface area contributed by atoms with Gasteiger partial charge in [-0.15, -0.1) is 6.58 Å². The maximum Gasteiger partial charge on any atom is 0.411 e. The van der Waals surface area contributed by atoms with Crippen molar-refractivity contribution in [3.63, 3.8) is 0 Å². The van der Waals surface area contributed by atoms with E-state index in [0.717, 1.165) is 0 Å². The van der Waals surface area contributed by atoms with Crippen molar-refractivity contribution in [1.82, 2.24) is 4.57 Å². The van der Waals surface area contributed by atoms with Gasteiger partial charge in [-0.1, -0.05) is 24.3 Å². The Kier molecular flexibility index (Phi) is 7.39. The number of anilines is 1. The molecule has 2 aromatic carbocycles. The fourth-order valence-corrected chi connectivity index (χ4v) is 3.78. The monoisotopic (exact) mass is 452 g/mol. The van der Waals surface area contributed by atoms with Gasteiger partial charge in [-0.3, -0.25) is 14.9 Å². The van der Waals surface area contributed by atoms with Crippen LogP contribution in [0.2, 0.25) is 0 Å². The number of aromatic nitrogens is 1. The largest absolute Gasteiger partial charge is 0.453 e. The lowest BCUT2D eigenvalue weighted by Crippen LogP contribution is -2.26. The molecule has 0 spiro atoms. The topological polar surface area (TPSA) is 138 Å². The number of allylic oxidation sites excluding steroid dienone is 1. The third-order valence-corrected chi connectivity index (χ3v) is 5.27. The molecule has 0 saturated heterocycles. The highest BCUT2D eigenvalue weighted by Gasteiger charge is 2.25. The number of aliphatic hydroxyl groups is 3. The molecule has 0 atom stereocenters. The van der Waals surface area contributed by atoms with Crippen molar-refractivity contribution >= 4 is 28.3 Å². The summed E-state index contributed by atoms with van der Waals surface area (Å²) in [5.41, 5.74) is 1.03. The number of fused-ring (bicyclic) bond motifs is 1. The molecule has 1 amide bonds. The molecule has 4 N–H and O–H groups in total. The number of benzene rings is 2. The lowest BCUT2D eigenvalue weighted by molar-refractivity contribution is 0.0905. The van der Waals surface area contributed by atoms with Gasteiger partial charge in [0.05, 0.1) is 37.3 Å². The van der Waals surface area contributed by atoms with E-state index in [-0.39, 0.29) is 34.3 Å². The number of nitrogens with zero attached hydrogens (tertiary/aromatic N) is 1. The molecule has 33 heavy (non-hydrogen) atoms. The predicted octanol–water partition coefficient (Wildman–Crippen LogP) is 2.19. The van der Waals surface area contributed by atoms with Crippen molar-refractivity contribution in [2.45, 2.75) is 19.8 Å². The number of pyridine rings is 1. The van der Waals surface area contributed by atoms with Crippen LogP contribution in [0.4, 0.5) is 10.5 Å². The van der Waals surface area contributed by atoms with Crippen molar-refractivity contribution in [1.29, 1.82) is 0 Å². The number of methoxy groups -OCH3 is 1. The molecule has 9 nitrogen and oxygen atoms in total. The van der Waals surface area contributed by atoms with Gasteiger partial charge in [0, 0.05) is 22.9 Å². The number of aliphatic hydroxyl groups excluding tert-OH is 3. The van der Waals surface area contributed by atoms with Crippen LogP contribution in [0.25, 0.3) is 22.0 Å². The number of ether oxygens (including phenoxy) is 1. The van der Waals surface area contributed by atoms with Gasteiger partial charge in [0.25, 0.3) is 5.56 Å². The summed E-state index contributed by atoms with van der Waals surface area (Å²) < 4.78 is 5.99. The molecule has 0 aliphatic carbocycles. The van der Waals surface area contributed by atoms with Crippen molar-refractivity contribution in [2.24, 2.45) is 0 Å². The molecule has 3 rings (SSSR count). The summed E-state index contributed by atoms with van der Waals surface area (Å²) in [4.78, 5) is 38.4. The fourth-order valence-electron chi connectivity index (χ4n) is 3.78. The SMILES string of the molecule is C=CCn1c(-c2ccccc2NC(=O)OC)c(C(=O)CO)c2cc(CO)c(CO)cc2c1=O. The zero-order chi connectivity index (χ0) is 24.1. The van der Waals surface area contributed by atoms with Crippen molar-refractivity contribution in [2.75, 3.05) is 19.0 Å². The summed E-state index contributed by atoms with van der Waals surface area (Å²) >= 11 is 0. The van der Waals surface area contributed by atoms with Gasteiger partial charge >= 0.3 is 6.09 Å². The van der Waals surface area contributed by atoms with Gasteiger partial charge in [0.2, 0.25) is 0 Å². The number of rotatable bonds is 8. The maximum atomic E-state index is 13.5. The maximum absolute atomic E-state index is 13.5. The van der Waals surface area contributed by atoms with E-state index in [0.29, 0.717) is 16.7 Å². The van der Waals surface area contributed by atoms with Crippen LogP contribution in [0.5, 0.6) is 0 Å². The Labute approximate surface area is 189 Å². The normalized spacial score (nSPS) is 10.8. The molecule has 0 aliphatic heterocycles. The first-order valence-corrected chi connectivity index (χ1v) is 10.0. The Balaban J connectivity index is 2.55. The zero-order valence-corrected chi connectivity index (χ0v) is 18.0. The average molecular weight is 452 g/mol. The van der Waals surface area contributed by atoms with E-state index in [4.69, 9.17) is 0 Å². The number of amides is 1. The third-order valence-electron chi connectivity index (χ3n) is 5.27. The number of nitrogens with one attached hydrogen (secondary N) is 1. The molecule has 9 heteroatoms. The molecule has 3 aromatic rings. The average Bonchev–Trinajstić information content (AvgIpc) is 2.84. The Morgan fingerprint density at radius 3 is 2.30 bits per heavy atom.